The molecule has 0 aromatic carbocycles. The van der Waals surface area contributed by atoms with Crippen LogP contribution in [0.5, 0.6) is 0 Å². The van der Waals surface area contributed by atoms with Crippen LogP contribution in [-0.2, 0) is 18.3 Å². The Kier molecular flexibility index (Phi) is 4.37. The van der Waals surface area contributed by atoms with Gasteiger partial charge in [-0.1, -0.05) is 5.21 Å². The molecular formula is C17H20N6OS2. The normalized spacial score (nSPS) is 20.1. The van der Waals surface area contributed by atoms with Crippen LogP contribution in [0.1, 0.15) is 49.7 Å². The summed E-state index contributed by atoms with van der Waals surface area (Å²) in [4.78, 5) is 15.3. The maximum Gasteiger partial charge on any atom is 0.261 e. The van der Waals surface area contributed by atoms with Gasteiger partial charge in [-0.15, -0.1) is 32.9 Å². The van der Waals surface area contributed by atoms with Crippen molar-refractivity contribution in [1.82, 2.24) is 25.9 Å². The number of carbonyl (C=O) groups is 1. The topological polar surface area (TPSA) is 110 Å². The summed E-state index contributed by atoms with van der Waals surface area (Å²) in [6.07, 6.45) is 2.46. The quantitative estimate of drug-likeness (QED) is 0.632. The molecule has 2 atom stereocenters. The number of aromatic amines is 1. The van der Waals surface area contributed by atoms with Gasteiger partial charge in [-0.3, -0.25) is 4.79 Å². The predicted molar refractivity (Wildman–Crippen MR) is 102 cm³/mol. The number of hydrogen-bond donors (Lipinski definition) is 3. The Morgan fingerprint density at radius 1 is 1.42 bits per heavy atom. The second-order valence-electron chi connectivity index (χ2n) is 6.64. The minimum atomic E-state index is -0.576. The first-order chi connectivity index (χ1) is 12.6. The summed E-state index contributed by atoms with van der Waals surface area (Å²) in [7, 11) is 1.65. The van der Waals surface area contributed by atoms with Crippen molar-refractivity contribution in [2.45, 2.75) is 37.6 Å². The van der Waals surface area contributed by atoms with E-state index < -0.39 is 5.41 Å². The average Bonchev–Trinajstić information content (AvgIpc) is 3.36. The van der Waals surface area contributed by atoms with Crippen molar-refractivity contribution in [1.29, 1.82) is 0 Å². The number of nitrogens with one attached hydrogen (secondary N) is 2. The zero-order valence-electron chi connectivity index (χ0n) is 14.6. The molecule has 3 aromatic rings. The van der Waals surface area contributed by atoms with Crippen molar-refractivity contribution in [2.75, 3.05) is 7.05 Å². The van der Waals surface area contributed by atoms with Gasteiger partial charge in [0.1, 0.15) is 5.41 Å². The van der Waals surface area contributed by atoms with Crippen molar-refractivity contribution < 1.29 is 4.79 Å². The fourth-order valence-electron chi connectivity index (χ4n) is 3.80. The highest BCUT2D eigenvalue weighted by molar-refractivity contribution is 7.15. The van der Waals surface area contributed by atoms with Crippen molar-refractivity contribution >= 4 is 28.6 Å². The molecular weight excluding hydrogens is 368 g/mol. The SMILES string of the molecule is CNC(=O)c1cc2c(s1)C(C[C@H](C)N)(c1nn[nH]n1)c1sccc1CC2. The number of hydrogen-bond acceptors (Lipinski definition) is 7. The molecule has 7 nitrogen and oxygen atoms in total. The maximum absolute atomic E-state index is 12.3. The summed E-state index contributed by atoms with van der Waals surface area (Å²) in [5, 5.41) is 20.0. The Hall–Kier alpha value is -2.10. The maximum atomic E-state index is 12.3. The Morgan fingerprint density at radius 2 is 2.23 bits per heavy atom. The molecule has 4 rings (SSSR count). The molecule has 136 valence electrons. The van der Waals surface area contributed by atoms with E-state index in [4.69, 9.17) is 5.73 Å². The molecule has 0 saturated heterocycles. The number of rotatable bonds is 4. The molecule has 3 heterocycles. The lowest BCUT2D eigenvalue weighted by atomic mass is 9.76. The van der Waals surface area contributed by atoms with Gasteiger partial charge in [-0.25, -0.2) is 0 Å². The number of aryl methyl sites for hydroxylation is 2. The van der Waals surface area contributed by atoms with Crippen molar-refractivity contribution in [2.24, 2.45) is 5.73 Å². The van der Waals surface area contributed by atoms with Crippen LogP contribution in [0.3, 0.4) is 0 Å². The van der Waals surface area contributed by atoms with Gasteiger partial charge in [0.05, 0.1) is 4.88 Å². The van der Waals surface area contributed by atoms with E-state index in [1.54, 1.807) is 18.4 Å². The molecule has 0 radical (unpaired) electrons. The van der Waals surface area contributed by atoms with Gasteiger partial charge in [0.2, 0.25) is 0 Å². The Balaban J connectivity index is 2.03. The zero-order valence-corrected chi connectivity index (χ0v) is 16.2. The largest absolute Gasteiger partial charge is 0.354 e. The van der Waals surface area contributed by atoms with Gasteiger partial charge < -0.3 is 11.1 Å². The van der Waals surface area contributed by atoms with Crippen molar-refractivity contribution in [3.05, 3.63) is 49.1 Å². The molecule has 0 fully saturated rings. The van der Waals surface area contributed by atoms with Gasteiger partial charge in [0.15, 0.2) is 5.82 Å². The third-order valence-corrected chi connectivity index (χ3v) is 7.26. The van der Waals surface area contributed by atoms with Crippen LogP contribution in [0, 0.1) is 0 Å². The number of tetrazole rings is 1. The molecule has 1 unspecified atom stereocenters. The highest BCUT2D eigenvalue weighted by atomic mass is 32.1. The second-order valence-corrected chi connectivity index (χ2v) is 8.61. The smallest absolute Gasteiger partial charge is 0.261 e. The molecule has 4 N–H and O–H groups in total. The molecule has 26 heavy (non-hydrogen) atoms. The third kappa shape index (κ3) is 2.58. The van der Waals surface area contributed by atoms with E-state index in [2.05, 4.69) is 37.4 Å². The highest BCUT2D eigenvalue weighted by Gasteiger charge is 2.47. The number of nitrogens with two attached hydrogens (primary N) is 1. The van der Waals surface area contributed by atoms with E-state index in [0.29, 0.717) is 17.1 Å². The lowest BCUT2D eigenvalue weighted by molar-refractivity contribution is 0.0967. The van der Waals surface area contributed by atoms with E-state index in [0.717, 1.165) is 17.7 Å². The van der Waals surface area contributed by atoms with Gasteiger partial charge >= 0.3 is 0 Å². The van der Waals surface area contributed by atoms with Crippen LogP contribution in [0.25, 0.3) is 0 Å². The summed E-state index contributed by atoms with van der Waals surface area (Å²) >= 11 is 3.21. The molecule has 1 aliphatic rings. The number of aromatic nitrogens is 4. The number of nitrogens with zero attached hydrogens (tertiary/aromatic N) is 3. The summed E-state index contributed by atoms with van der Waals surface area (Å²) in [5.41, 5.74) is 8.17. The number of amides is 1. The van der Waals surface area contributed by atoms with E-state index in [9.17, 15) is 4.79 Å². The first-order valence-corrected chi connectivity index (χ1v) is 10.2. The third-order valence-electron chi connectivity index (χ3n) is 4.80. The van der Waals surface area contributed by atoms with Crippen LogP contribution >= 0.6 is 22.7 Å². The lowest BCUT2D eigenvalue weighted by Gasteiger charge is -2.31. The lowest BCUT2D eigenvalue weighted by Crippen LogP contribution is -2.36. The molecule has 3 aromatic heterocycles. The molecule has 0 saturated carbocycles. The molecule has 0 spiro atoms. The fourth-order valence-corrected chi connectivity index (χ4v) is 6.39. The second kappa shape index (κ2) is 6.57. The number of carbonyl (C=O) groups excluding carboxylic acids is 1. The molecule has 1 aliphatic carbocycles. The summed E-state index contributed by atoms with van der Waals surface area (Å²) in [6, 6.07) is 4.11. The van der Waals surface area contributed by atoms with E-state index in [1.807, 2.05) is 13.0 Å². The first-order valence-electron chi connectivity index (χ1n) is 8.48. The molecule has 1 amide bonds. The van der Waals surface area contributed by atoms with Crippen LogP contribution < -0.4 is 11.1 Å². The number of H-pyrrole nitrogens is 1. The van der Waals surface area contributed by atoms with Crippen LogP contribution in [-0.4, -0.2) is 39.6 Å². The zero-order chi connectivity index (χ0) is 18.3. The standard InChI is InChI=1S/C17H20N6OS2/c1-9(18)8-17(16-20-22-23-21-16)13-10(5-6-25-13)3-4-11-7-12(15(24)19-2)26-14(11)17/h5-7,9H,3-4,8,18H2,1-2H3,(H,19,24)(H,20,21,22,23)/t9-,17?/m0/s1. The Bertz CT molecular complexity index is 929. The average molecular weight is 389 g/mol. The van der Waals surface area contributed by atoms with E-state index in [1.165, 1.54) is 27.3 Å². The van der Waals surface area contributed by atoms with Gasteiger partial charge in [-0.05, 0) is 54.8 Å². The van der Waals surface area contributed by atoms with Crippen molar-refractivity contribution in [3.63, 3.8) is 0 Å². The summed E-state index contributed by atoms with van der Waals surface area (Å²) in [5.74, 6) is 0.546. The molecule has 9 heteroatoms. The van der Waals surface area contributed by atoms with Gasteiger partial charge in [-0.2, -0.15) is 5.21 Å². The Labute approximate surface area is 159 Å². The summed E-state index contributed by atoms with van der Waals surface area (Å²) in [6.45, 7) is 1.99. The van der Waals surface area contributed by atoms with Gasteiger partial charge in [0.25, 0.3) is 5.91 Å². The van der Waals surface area contributed by atoms with Crippen LogP contribution in [0.2, 0.25) is 0 Å². The van der Waals surface area contributed by atoms with Crippen LogP contribution in [0.15, 0.2) is 17.5 Å². The minimum absolute atomic E-state index is 0.0695. The Morgan fingerprint density at radius 3 is 2.92 bits per heavy atom. The monoisotopic (exact) mass is 388 g/mol. The molecule has 0 bridgehead atoms. The van der Waals surface area contributed by atoms with E-state index in [-0.39, 0.29) is 11.9 Å². The predicted octanol–water partition coefficient (Wildman–Crippen LogP) is 1.85. The summed E-state index contributed by atoms with van der Waals surface area (Å²) < 4.78 is 0. The fraction of sp³-hybridized carbons (Fsp3) is 0.412. The molecule has 0 aliphatic heterocycles. The highest BCUT2D eigenvalue weighted by Crippen LogP contribution is 2.51. The van der Waals surface area contributed by atoms with Crippen molar-refractivity contribution in [3.8, 4) is 0 Å². The minimum Gasteiger partial charge on any atom is -0.354 e. The number of fused-ring (bicyclic) bond motifs is 2. The number of thiophene rings is 2. The van der Waals surface area contributed by atoms with Crippen LogP contribution in [0.4, 0.5) is 0 Å². The van der Waals surface area contributed by atoms with Gasteiger partial charge in [0, 0.05) is 22.8 Å². The first kappa shape index (κ1) is 17.3. The van der Waals surface area contributed by atoms with E-state index >= 15 is 0 Å².